The van der Waals surface area contributed by atoms with Gasteiger partial charge in [0.15, 0.2) is 5.82 Å². The van der Waals surface area contributed by atoms with Crippen LogP contribution in [-0.4, -0.2) is 85.3 Å². The molecule has 0 aromatic carbocycles. The molecule has 1 aliphatic heterocycles. The van der Waals surface area contributed by atoms with Crippen molar-refractivity contribution in [1.29, 1.82) is 0 Å². The third-order valence-electron chi connectivity index (χ3n) is 8.22. The number of amides is 1. The lowest BCUT2D eigenvalue weighted by Gasteiger charge is -2.32. The largest absolute Gasteiger partial charge is 0.496 e. The van der Waals surface area contributed by atoms with E-state index in [2.05, 4.69) is 36.8 Å². The van der Waals surface area contributed by atoms with Crippen LogP contribution in [0.5, 0.6) is 5.75 Å². The predicted molar refractivity (Wildman–Crippen MR) is 160 cm³/mol. The van der Waals surface area contributed by atoms with Gasteiger partial charge in [-0.05, 0) is 45.0 Å². The first kappa shape index (κ1) is 26.9. The Morgan fingerprint density at radius 1 is 1.02 bits per heavy atom. The maximum atomic E-state index is 13.8. The maximum absolute atomic E-state index is 13.8. The average molecular weight is 553 g/mol. The maximum Gasteiger partial charge on any atom is 0.270 e. The van der Waals surface area contributed by atoms with Gasteiger partial charge in [0.25, 0.3) is 5.91 Å². The van der Waals surface area contributed by atoms with Crippen LogP contribution < -0.4 is 4.74 Å². The van der Waals surface area contributed by atoms with Crippen LogP contribution in [-0.2, 0) is 13.5 Å². The number of hydrogen-bond donors (Lipinski definition) is 0. The number of methoxy groups -OCH3 is 1. The molecule has 0 radical (unpaired) electrons. The second-order valence-corrected chi connectivity index (χ2v) is 10.9. The van der Waals surface area contributed by atoms with Crippen LogP contribution in [0.4, 0.5) is 0 Å². The average Bonchev–Trinajstić information content (AvgIpc) is 3.52. The molecule has 0 spiro atoms. The number of rotatable bonds is 6. The van der Waals surface area contributed by atoms with Crippen LogP contribution in [0.15, 0.2) is 36.8 Å². The lowest BCUT2D eigenvalue weighted by Crippen LogP contribution is -2.47. The first-order chi connectivity index (χ1) is 19.8. The number of hydrogen-bond acceptors (Lipinski definition) is 7. The summed E-state index contributed by atoms with van der Waals surface area (Å²) in [5.41, 5.74) is 7.01. The number of ether oxygens (including phenoxy) is 1. The standard InChI is InChI=1S/C31H36N8O2/c1-7-8-23-29-19(2)30(31(40)38-13-11-36(4)12-14-38)37(5)26(29)16-28(35-23)39-25-15-24(34-20(3)21(25)18-33-39)22-17-32-10-9-27(22)41-6/h9-10,15-18H,7-8,11-14H2,1-6H3. The first-order valence-electron chi connectivity index (χ1n) is 14.1. The summed E-state index contributed by atoms with van der Waals surface area (Å²) < 4.78 is 9.50. The lowest BCUT2D eigenvalue weighted by atomic mass is 10.1. The molecule has 10 nitrogen and oxygen atoms in total. The highest BCUT2D eigenvalue weighted by atomic mass is 16.5. The SMILES string of the molecule is CCCc1nc(-n2ncc3c(C)nc(-c4cnccc4OC)cc32)cc2c1c(C)c(C(=O)N1CCN(C)CC1)n2C. The molecule has 0 bridgehead atoms. The van der Waals surface area contributed by atoms with Crippen LogP contribution >= 0.6 is 0 Å². The molecule has 1 amide bonds. The molecule has 5 aromatic rings. The molecular formula is C31H36N8O2. The van der Waals surface area contributed by atoms with Crippen molar-refractivity contribution in [3.8, 4) is 22.8 Å². The van der Waals surface area contributed by atoms with Crippen molar-refractivity contribution in [2.24, 2.45) is 7.05 Å². The highest BCUT2D eigenvalue weighted by Gasteiger charge is 2.28. The van der Waals surface area contributed by atoms with Gasteiger partial charge >= 0.3 is 0 Å². The van der Waals surface area contributed by atoms with Crippen molar-refractivity contribution in [3.63, 3.8) is 0 Å². The fraction of sp³-hybridized carbons (Fsp3) is 0.387. The van der Waals surface area contributed by atoms with Gasteiger partial charge in [0.1, 0.15) is 11.4 Å². The van der Waals surface area contributed by atoms with Gasteiger partial charge in [-0.2, -0.15) is 5.10 Å². The van der Waals surface area contributed by atoms with Crippen LogP contribution in [0.1, 0.15) is 40.8 Å². The number of carbonyl (C=O) groups excluding carboxylic acids is 1. The molecule has 1 saturated heterocycles. The Bertz CT molecular complexity index is 1780. The molecule has 6 rings (SSSR count). The molecule has 6 heterocycles. The second kappa shape index (κ2) is 10.6. The van der Waals surface area contributed by atoms with E-state index in [0.29, 0.717) is 11.6 Å². The molecule has 0 aliphatic carbocycles. The highest BCUT2D eigenvalue weighted by molar-refractivity contribution is 6.02. The minimum Gasteiger partial charge on any atom is -0.496 e. The van der Waals surface area contributed by atoms with Gasteiger partial charge < -0.3 is 19.1 Å². The normalized spacial score (nSPS) is 14.3. The Hall–Kier alpha value is -4.31. The zero-order chi connectivity index (χ0) is 28.8. The summed E-state index contributed by atoms with van der Waals surface area (Å²) in [5.74, 6) is 1.50. The Kier molecular flexibility index (Phi) is 6.94. The van der Waals surface area contributed by atoms with Crippen LogP contribution in [0.3, 0.4) is 0 Å². The molecule has 10 heteroatoms. The fourth-order valence-corrected chi connectivity index (χ4v) is 5.97. The van der Waals surface area contributed by atoms with E-state index in [9.17, 15) is 4.79 Å². The smallest absolute Gasteiger partial charge is 0.270 e. The molecule has 0 unspecified atom stereocenters. The van der Waals surface area contributed by atoms with E-state index in [-0.39, 0.29) is 5.91 Å². The number of fused-ring (bicyclic) bond motifs is 2. The summed E-state index contributed by atoms with van der Waals surface area (Å²) in [4.78, 5) is 32.3. The number of likely N-dealkylation sites (N-methyl/N-ethyl adjacent to an activating group) is 1. The quantitative estimate of drug-likeness (QED) is 0.309. The minimum atomic E-state index is 0.0830. The third-order valence-corrected chi connectivity index (χ3v) is 8.22. The topological polar surface area (TPSA) is 94.2 Å². The summed E-state index contributed by atoms with van der Waals surface area (Å²) in [7, 11) is 5.73. The number of aryl methyl sites for hydroxylation is 4. The minimum absolute atomic E-state index is 0.0830. The van der Waals surface area contributed by atoms with Gasteiger partial charge in [0.05, 0.1) is 41.3 Å². The van der Waals surface area contributed by atoms with E-state index < -0.39 is 0 Å². The van der Waals surface area contributed by atoms with Crippen molar-refractivity contribution < 1.29 is 9.53 Å². The lowest BCUT2D eigenvalue weighted by molar-refractivity contribution is 0.0654. The number of nitrogens with zero attached hydrogens (tertiary/aromatic N) is 8. The van der Waals surface area contributed by atoms with Crippen molar-refractivity contribution in [3.05, 3.63) is 59.4 Å². The number of aromatic nitrogens is 6. The van der Waals surface area contributed by atoms with E-state index in [0.717, 1.165) is 94.7 Å². The molecule has 1 aliphatic rings. The van der Waals surface area contributed by atoms with Crippen LogP contribution in [0.2, 0.25) is 0 Å². The van der Waals surface area contributed by atoms with E-state index in [1.165, 1.54) is 0 Å². The molecule has 0 N–H and O–H groups in total. The van der Waals surface area contributed by atoms with E-state index in [1.807, 2.05) is 46.4 Å². The molecule has 41 heavy (non-hydrogen) atoms. The Morgan fingerprint density at radius 3 is 2.54 bits per heavy atom. The first-order valence-corrected chi connectivity index (χ1v) is 14.1. The van der Waals surface area contributed by atoms with Crippen LogP contribution in [0.25, 0.3) is 38.9 Å². The number of carbonyl (C=O) groups is 1. The monoisotopic (exact) mass is 552 g/mol. The van der Waals surface area contributed by atoms with Gasteiger partial charge in [0.2, 0.25) is 0 Å². The van der Waals surface area contributed by atoms with Gasteiger partial charge in [-0.3, -0.25) is 14.8 Å². The molecule has 0 saturated carbocycles. The molecule has 212 valence electrons. The molecule has 1 fully saturated rings. The van der Waals surface area contributed by atoms with Crippen molar-refractivity contribution in [2.75, 3.05) is 40.3 Å². The van der Waals surface area contributed by atoms with Crippen molar-refractivity contribution in [2.45, 2.75) is 33.6 Å². The molecule has 0 atom stereocenters. The summed E-state index contributed by atoms with van der Waals surface area (Å²) in [6, 6.07) is 5.90. The van der Waals surface area contributed by atoms with Gasteiger partial charge in [0, 0.05) is 68.2 Å². The van der Waals surface area contributed by atoms with E-state index in [4.69, 9.17) is 19.8 Å². The van der Waals surface area contributed by atoms with Crippen molar-refractivity contribution in [1.82, 2.24) is 39.1 Å². The van der Waals surface area contributed by atoms with E-state index in [1.54, 1.807) is 19.5 Å². The fourth-order valence-electron chi connectivity index (χ4n) is 5.97. The third kappa shape index (κ3) is 4.52. The predicted octanol–water partition coefficient (Wildman–Crippen LogP) is 4.33. The van der Waals surface area contributed by atoms with Crippen LogP contribution in [0, 0.1) is 13.8 Å². The highest BCUT2D eigenvalue weighted by Crippen LogP contribution is 2.34. The summed E-state index contributed by atoms with van der Waals surface area (Å²) in [6.45, 7) is 9.43. The summed E-state index contributed by atoms with van der Waals surface area (Å²) in [5, 5.41) is 6.77. The summed E-state index contributed by atoms with van der Waals surface area (Å²) in [6.07, 6.45) is 7.05. The number of piperazine rings is 1. The van der Waals surface area contributed by atoms with E-state index >= 15 is 0 Å². The van der Waals surface area contributed by atoms with Gasteiger partial charge in [-0.1, -0.05) is 13.3 Å². The zero-order valence-electron chi connectivity index (χ0n) is 24.6. The zero-order valence-corrected chi connectivity index (χ0v) is 24.6. The van der Waals surface area contributed by atoms with Gasteiger partial charge in [-0.15, -0.1) is 0 Å². The van der Waals surface area contributed by atoms with Crippen molar-refractivity contribution >= 4 is 27.7 Å². The molecule has 5 aromatic heterocycles. The van der Waals surface area contributed by atoms with Gasteiger partial charge in [-0.25, -0.2) is 9.67 Å². The Labute approximate surface area is 239 Å². The Morgan fingerprint density at radius 2 is 1.80 bits per heavy atom. The second-order valence-electron chi connectivity index (χ2n) is 10.9. The Balaban J connectivity index is 1.52. The molecular weight excluding hydrogens is 516 g/mol. The number of pyridine rings is 3. The summed E-state index contributed by atoms with van der Waals surface area (Å²) >= 11 is 0.